The molecule has 10 atom stereocenters. The van der Waals surface area contributed by atoms with Crippen molar-refractivity contribution in [2.24, 2.45) is 46.3 Å². The fourth-order valence-corrected chi connectivity index (χ4v) is 9.23. The SMILES string of the molecule is C=CC(C)(O)CCC(C)C1CCC2C3CCC4CC(C)(O)CCC4(C)C3CCC12C. The summed E-state index contributed by atoms with van der Waals surface area (Å²) >= 11 is 0. The molecule has 10 unspecified atom stereocenters. The molecule has 0 saturated heterocycles. The van der Waals surface area contributed by atoms with Crippen LogP contribution in [-0.2, 0) is 0 Å². The predicted octanol–water partition coefficient (Wildman–Crippen LogP) is 6.75. The van der Waals surface area contributed by atoms with Crippen LogP contribution in [0.4, 0.5) is 0 Å². The smallest absolute Gasteiger partial charge is 0.0797 e. The lowest BCUT2D eigenvalue weighted by Crippen LogP contribution is -2.55. The second-order valence-electron chi connectivity index (χ2n) is 13.2. The van der Waals surface area contributed by atoms with Crippen molar-refractivity contribution in [2.45, 2.75) is 116 Å². The molecule has 2 heteroatoms. The predicted molar refractivity (Wildman–Crippen MR) is 125 cm³/mol. The molecule has 0 amide bonds. The zero-order valence-corrected chi connectivity index (χ0v) is 20.4. The summed E-state index contributed by atoms with van der Waals surface area (Å²) in [6.45, 7) is 15.5. The molecule has 0 aliphatic heterocycles. The zero-order valence-electron chi connectivity index (χ0n) is 20.4. The molecule has 0 bridgehead atoms. The zero-order chi connectivity index (χ0) is 21.9. The van der Waals surface area contributed by atoms with Crippen molar-refractivity contribution in [3.63, 3.8) is 0 Å². The summed E-state index contributed by atoms with van der Waals surface area (Å²) in [4.78, 5) is 0. The van der Waals surface area contributed by atoms with Gasteiger partial charge in [-0.15, -0.1) is 6.58 Å². The van der Waals surface area contributed by atoms with E-state index in [2.05, 4.69) is 34.3 Å². The molecule has 0 aromatic rings. The van der Waals surface area contributed by atoms with Gasteiger partial charge in [0.05, 0.1) is 11.2 Å². The van der Waals surface area contributed by atoms with E-state index in [4.69, 9.17) is 0 Å². The average molecular weight is 417 g/mol. The van der Waals surface area contributed by atoms with Crippen LogP contribution in [-0.4, -0.2) is 21.4 Å². The molecule has 2 N–H and O–H groups in total. The fraction of sp³-hybridized carbons (Fsp3) is 0.929. The van der Waals surface area contributed by atoms with E-state index in [1.54, 1.807) is 6.08 Å². The highest BCUT2D eigenvalue weighted by atomic mass is 16.3. The lowest BCUT2D eigenvalue weighted by atomic mass is 9.43. The molecule has 4 aliphatic rings. The van der Waals surface area contributed by atoms with Crippen LogP contribution < -0.4 is 0 Å². The van der Waals surface area contributed by atoms with Crippen LogP contribution in [0.25, 0.3) is 0 Å². The molecule has 4 aliphatic carbocycles. The van der Waals surface area contributed by atoms with Crippen molar-refractivity contribution in [1.82, 2.24) is 0 Å². The van der Waals surface area contributed by atoms with Crippen LogP contribution in [0.1, 0.15) is 105 Å². The average Bonchev–Trinajstić information content (AvgIpc) is 3.04. The highest BCUT2D eigenvalue weighted by Crippen LogP contribution is 2.68. The standard InChI is InChI=1S/C28H48O2/c1-7-25(3,29)14-12-19(2)22-10-11-23-21-9-8-20-18-26(4,30)16-17-27(20,5)24(21)13-15-28(22,23)6/h7,19-24,29-30H,1,8-18H2,2-6H3. The van der Waals surface area contributed by atoms with Gasteiger partial charge in [0.15, 0.2) is 0 Å². The van der Waals surface area contributed by atoms with Gasteiger partial charge in [-0.25, -0.2) is 0 Å². The Bertz CT molecular complexity index is 651. The maximum Gasteiger partial charge on any atom is 0.0797 e. The summed E-state index contributed by atoms with van der Waals surface area (Å²) in [7, 11) is 0. The van der Waals surface area contributed by atoms with E-state index in [9.17, 15) is 10.2 Å². The van der Waals surface area contributed by atoms with Crippen LogP contribution in [0.3, 0.4) is 0 Å². The highest BCUT2D eigenvalue weighted by Gasteiger charge is 2.61. The van der Waals surface area contributed by atoms with Crippen LogP contribution in [0.15, 0.2) is 12.7 Å². The molecule has 0 aromatic heterocycles. The topological polar surface area (TPSA) is 40.5 Å². The number of hydrogen-bond acceptors (Lipinski definition) is 2. The third-order valence-corrected chi connectivity index (χ3v) is 11.3. The molecular formula is C28H48O2. The summed E-state index contributed by atoms with van der Waals surface area (Å²) in [5.41, 5.74) is -0.205. The summed E-state index contributed by atoms with van der Waals surface area (Å²) in [6, 6.07) is 0. The Morgan fingerprint density at radius 1 is 1.00 bits per heavy atom. The van der Waals surface area contributed by atoms with Crippen LogP contribution in [0, 0.1) is 46.3 Å². The molecule has 0 aromatic carbocycles. The first kappa shape index (κ1) is 22.8. The van der Waals surface area contributed by atoms with Crippen molar-refractivity contribution < 1.29 is 10.2 Å². The van der Waals surface area contributed by atoms with Gasteiger partial charge >= 0.3 is 0 Å². The van der Waals surface area contributed by atoms with E-state index in [0.717, 1.165) is 55.3 Å². The number of hydrogen-bond donors (Lipinski definition) is 2. The molecule has 0 heterocycles. The third kappa shape index (κ3) is 3.72. The van der Waals surface area contributed by atoms with E-state index in [1.807, 2.05) is 6.92 Å². The van der Waals surface area contributed by atoms with E-state index in [-0.39, 0.29) is 0 Å². The first-order valence-corrected chi connectivity index (χ1v) is 13.0. The molecule has 4 saturated carbocycles. The van der Waals surface area contributed by atoms with Gasteiger partial charge in [0, 0.05) is 0 Å². The van der Waals surface area contributed by atoms with Crippen LogP contribution in [0.5, 0.6) is 0 Å². The molecule has 4 rings (SSSR count). The Morgan fingerprint density at radius 3 is 2.40 bits per heavy atom. The van der Waals surface area contributed by atoms with E-state index >= 15 is 0 Å². The van der Waals surface area contributed by atoms with Crippen molar-refractivity contribution in [2.75, 3.05) is 0 Å². The third-order valence-electron chi connectivity index (χ3n) is 11.3. The minimum absolute atomic E-state index is 0.430. The normalized spacial score (nSPS) is 51.2. The first-order valence-electron chi connectivity index (χ1n) is 13.0. The Labute approximate surface area is 185 Å². The number of aliphatic hydroxyl groups is 2. The monoisotopic (exact) mass is 416 g/mol. The van der Waals surface area contributed by atoms with Crippen LogP contribution >= 0.6 is 0 Å². The van der Waals surface area contributed by atoms with Gasteiger partial charge in [0.2, 0.25) is 0 Å². The lowest BCUT2D eigenvalue weighted by Gasteiger charge is -2.62. The maximum atomic E-state index is 10.7. The van der Waals surface area contributed by atoms with E-state index in [0.29, 0.717) is 16.7 Å². The van der Waals surface area contributed by atoms with E-state index < -0.39 is 11.2 Å². The Morgan fingerprint density at radius 2 is 1.70 bits per heavy atom. The first-order chi connectivity index (χ1) is 13.9. The van der Waals surface area contributed by atoms with E-state index in [1.165, 1.54) is 44.9 Å². The summed E-state index contributed by atoms with van der Waals surface area (Å²) in [6.07, 6.45) is 15.2. The van der Waals surface area contributed by atoms with Gasteiger partial charge in [-0.3, -0.25) is 0 Å². The van der Waals surface area contributed by atoms with Gasteiger partial charge in [-0.2, -0.15) is 0 Å². The quantitative estimate of drug-likeness (QED) is 0.487. The van der Waals surface area contributed by atoms with Gasteiger partial charge in [0.25, 0.3) is 0 Å². The van der Waals surface area contributed by atoms with Gasteiger partial charge in [0.1, 0.15) is 0 Å². The molecule has 0 spiro atoms. The minimum atomic E-state index is -0.722. The molecule has 2 nitrogen and oxygen atoms in total. The van der Waals surface area contributed by atoms with Crippen LogP contribution in [0.2, 0.25) is 0 Å². The molecule has 0 radical (unpaired) electrons. The maximum absolute atomic E-state index is 10.7. The van der Waals surface area contributed by atoms with Gasteiger partial charge in [-0.1, -0.05) is 26.8 Å². The summed E-state index contributed by atoms with van der Waals surface area (Å²) in [5, 5.41) is 21.1. The molecule has 4 fully saturated rings. The number of rotatable bonds is 5. The Hall–Kier alpha value is -0.340. The number of fused-ring (bicyclic) bond motifs is 5. The minimum Gasteiger partial charge on any atom is -0.390 e. The van der Waals surface area contributed by atoms with Crippen molar-refractivity contribution in [1.29, 1.82) is 0 Å². The Balaban J connectivity index is 1.48. The molecular weight excluding hydrogens is 368 g/mol. The fourth-order valence-electron chi connectivity index (χ4n) is 9.23. The lowest BCUT2D eigenvalue weighted by molar-refractivity contribution is -0.148. The summed E-state index contributed by atoms with van der Waals surface area (Å²) in [5.74, 6) is 4.89. The largest absolute Gasteiger partial charge is 0.390 e. The second kappa shape index (κ2) is 7.62. The van der Waals surface area contributed by atoms with Crippen molar-refractivity contribution in [3.05, 3.63) is 12.7 Å². The van der Waals surface area contributed by atoms with Crippen molar-refractivity contribution in [3.8, 4) is 0 Å². The Kier molecular flexibility index (Phi) is 5.80. The van der Waals surface area contributed by atoms with Crippen molar-refractivity contribution >= 4 is 0 Å². The van der Waals surface area contributed by atoms with Gasteiger partial charge < -0.3 is 10.2 Å². The molecule has 30 heavy (non-hydrogen) atoms. The summed E-state index contributed by atoms with van der Waals surface area (Å²) < 4.78 is 0. The molecule has 172 valence electrons. The highest BCUT2D eigenvalue weighted by molar-refractivity contribution is 5.10. The van der Waals surface area contributed by atoms with Gasteiger partial charge in [-0.05, 0) is 131 Å². The second-order valence-corrected chi connectivity index (χ2v) is 13.2.